The van der Waals surface area contributed by atoms with Gasteiger partial charge in [-0.2, -0.15) is 0 Å². The number of rotatable bonds is 3. The lowest BCUT2D eigenvalue weighted by Crippen LogP contribution is -2.45. The summed E-state index contributed by atoms with van der Waals surface area (Å²) in [6.07, 6.45) is 2.05. The molecule has 4 N–H and O–H groups in total. The lowest BCUT2D eigenvalue weighted by molar-refractivity contribution is 0.1000. The predicted molar refractivity (Wildman–Crippen MR) is 76.8 cm³/mol. The van der Waals surface area contributed by atoms with Crippen molar-refractivity contribution >= 4 is 27.5 Å². The Hall–Kier alpha value is -1.07. The van der Waals surface area contributed by atoms with Gasteiger partial charge in [0.1, 0.15) is 0 Å². The maximum absolute atomic E-state index is 11.5. The van der Waals surface area contributed by atoms with E-state index in [1.807, 2.05) is 18.2 Å². The molecule has 5 heteroatoms. The normalized spacial score (nSPS) is 18.3. The number of carbonyl (C=O) groups is 1. The van der Waals surface area contributed by atoms with Crippen LogP contribution in [-0.2, 0) is 0 Å². The van der Waals surface area contributed by atoms with E-state index in [2.05, 4.69) is 33.5 Å². The van der Waals surface area contributed by atoms with Gasteiger partial charge in [0.25, 0.3) is 5.91 Å². The summed E-state index contributed by atoms with van der Waals surface area (Å²) in [5, 5.41) is 6.81. The number of carbonyl (C=O) groups excluding carboxylic acids is 1. The van der Waals surface area contributed by atoms with Crippen LogP contribution in [-0.4, -0.2) is 24.5 Å². The third kappa shape index (κ3) is 2.84. The topological polar surface area (TPSA) is 67.1 Å². The highest BCUT2D eigenvalue weighted by Gasteiger charge is 2.27. The number of amides is 1. The van der Waals surface area contributed by atoms with E-state index < -0.39 is 5.91 Å². The van der Waals surface area contributed by atoms with E-state index >= 15 is 0 Å². The maximum Gasteiger partial charge on any atom is 0.251 e. The summed E-state index contributed by atoms with van der Waals surface area (Å²) < 4.78 is 0.734. The van der Waals surface area contributed by atoms with Crippen molar-refractivity contribution in [3.8, 4) is 0 Å². The van der Waals surface area contributed by atoms with Gasteiger partial charge in [-0.05, 0) is 60.9 Å². The molecule has 0 aliphatic carbocycles. The van der Waals surface area contributed by atoms with Crippen molar-refractivity contribution in [2.75, 3.05) is 18.4 Å². The molecule has 2 rings (SSSR count). The smallest absolute Gasteiger partial charge is 0.251 e. The summed E-state index contributed by atoms with van der Waals surface area (Å²) in [7, 11) is 0. The quantitative estimate of drug-likeness (QED) is 0.801. The zero-order chi connectivity index (χ0) is 13.2. The first-order chi connectivity index (χ1) is 8.52. The molecule has 0 spiro atoms. The van der Waals surface area contributed by atoms with Gasteiger partial charge in [-0.25, -0.2) is 0 Å². The van der Waals surface area contributed by atoms with Crippen molar-refractivity contribution in [3.05, 3.63) is 28.2 Å². The van der Waals surface area contributed by atoms with Gasteiger partial charge in [-0.15, -0.1) is 0 Å². The second kappa shape index (κ2) is 5.28. The number of benzene rings is 1. The summed E-state index contributed by atoms with van der Waals surface area (Å²) in [5.74, 6) is -0.414. The average molecular weight is 312 g/mol. The fourth-order valence-corrected chi connectivity index (χ4v) is 2.87. The van der Waals surface area contributed by atoms with E-state index in [4.69, 9.17) is 5.73 Å². The zero-order valence-electron chi connectivity index (χ0n) is 10.4. The molecular weight excluding hydrogens is 294 g/mol. The van der Waals surface area contributed by atoms with E-state index in [9.17, 15) is 4.79 Å². The number of hydrogen-bond acceptors (Lipinski definition) is 3. The van der Waals surface area contributed by atoms with Crippen LogP contribution < -0.4 is 16.4 Å². The number of nitrogens with one attached hydrogen (secondary N) is 2. The van der Waals surface area contributed by atoms with Crippen LogP contribution in [0, 0.1) is 0 Å². The Morgan fingerprint density at radius 1 is 1.44 bits per heavy atom. The second-order valence-electron chi connectivity index (χ2n) is 4.96. The van der Waals surface area contributed by atoms with Gasteiger partial charge in [0.15, 0.2) is 0 Å². The number of anilines is 1. The third-order valence-corrected chi connectivity index (χ3v) is 4.06. The molecule has 0 aromatic heterocycles. The number of hydrogen-bond donors (Lipinski definition) is 3. The molecule has 1 saturated heterocycles. The number of primary amides is 1. The Morgan fingerprint density at radius 2 is 2.11 bits per heavy atom. The molecule has 1 aromatic carbocycles. The average Bonchev–Trinajstić information content (AvgIpc) is 2.28. The van der Waals surface area contributed by atoms with Crippen LogP contribution in [0.15, 0.2) is 22.7 Å². The number of piperidine rings is 1. The van der Waals surface area contributed by atoms with Crippen molar-refractivity contribution < 1.29 is 4.79 Å². The van der Waals surface area contributed by atoms with E-state index in [0.29, 0.717) is 5.56 Å². The minimum atomic E-state index is -0.414. The summed E-state index contributed by atoms with van der Waals surface area (Å²) in [4.78, 5) is 11.5. The van der Waals surface area contributed by atoms with Gasteiger partial charge in [0.05, 0.1) is 5.56 Å². The van der Waals surface area contributed by atoms with Crippen molar-refractivity contribution in [1.29, 1.82) is 0 Å². The first-order valence-electron chi connectivity index (χ1n) is 6.09. The fraction of sp³-hybridized carbons (Fsp3) is 0.462. The zero-order valence-corrected chi connectivity index (χ0v) is 12.0. The molecule has 1 aliphatic heterocycles. The highest BCUT2D eigenvalue weighted by Crippen LogP contribution is 2.29. The molecule has 1 fully saturated rings. The summed E-state index contributed by atoms with van der Waals surface area (Å²) in [6.45, 7) is 4.16. The Kier molecular flexibility index (Phi) is 3.92. The van der Waals surface area contributed by atoms with Gasteiger partial charge >= 0.3 is 0 Å². The SMILES string of the molecule is CC1(Nc2cccc(Br)c2C(N)=O)CCNCC1. The molecule has 0 bridgehead atoms. The predicted octanol–water partition coefficient (Wildman–Crippen LogP) is 2.10. The summed E-state index contributed by atoms with van der Waals surface area (Å²) in [6, 6.07) is 5.64. The molecule has 1 heterocycles. The number of nitrogens with two attached hydrogens (primary N) is 1. The first kappa shape index (κ1) is 13.4. The Bertz CT molecular complexity index is 456. The Morgan fingerprint density at radius 3 is 2.72 bits per heavy atom. The van der Waals surface area contributed by atoms with Crippen LogP contribution in [0.25, 0.3) is 0 Å². The van der Waals surface area contributed by atoms with Crippen LogP contribution in [0.1, 0.15) is 30.1 Å². The summed E-state index contributed by atoms with van der Waals surface area (Å²) >= 11 is 3.38. The molecule has 1 aliphatic rings. The van der Waals surface area contributed by atoms with Crippen LogP contribution in [0.4, 0.5) is 5.69 Å². The standard InChI is InChI=1S/C13H18BrN3O/c1-13(5-7-16-8-6-13)17-10-4-2-3-9(14)11(10)12(15)18/h2-4,16-17H,5-8H2,1H3,(H2,15,18). The molecule has 0 atom stereocenters. The Balaban J connectivity index is 2.28. The number of halogens is 1. The van der Waals surface area contributed by atoms with Crippen molar-refractivity contribution in [2.45, 2.75) is 25.3 Å². The fourth-order valence-electron chi connectivity index (χ4n) is 2.31. The molecule has 0 unspecified atom stereocenters. The molecule has 0 radical (unpaired) electrons. The molecule has 1 amide bonds. The highest BCUT2D eigenvalue weighted by atomic mass is 79.9. The largest absolute Gasteiger partial charge is 0.379 e. The molecular formula is C13H18BrN3O. The van der Waals surface area contributed by atoms with Gasteiger partial charge in [-0.3, -0.25) is 4.79 Å². The van der Waals surface area contributed by atoms with Crippen molar-refractivity contribution in [1.82, 2.24) is 5.32 Å². The molecule has 1 aromatic rings. The lowest BCUT2D eigenvalue weighted by atomic mass is 9.90. The second-order valence-corrected chi connectivity index (χ2v) is 5.82. The maximum atomic E-state index is 11.5. The molecule has 98 valence electrons. The molecule has 0 saturated carbocycles. The van der Waals surface area contributed by atoms with Gasteiger partial charge in [-0.1, -0.05) is 6.07 Å². The minimum Gasteiger partial charge on any atom is -0.379 e. The minimum absolute atomic E-state index is 0.0102. The van der Waals surface area contributed by atoms with Crippen molar-refractivity contribution in [3.63, 3.8) is 0 Å². The van der Waals surface area contributed by atoms with Crippen LogP contribution in [0.5, 0.6) is 0 Å². The van der Waals surface area contributed by atoms with E-state index in [1.165, 1.54) is 0 Å². The van der Waals surface area contributed by atoms with Crippen LogP contribution in [0.3, 0.4) is 0 Å². The molecule has 4 nitrogen and oxygen atoms in total. The van der Waals surface area contributed by atoms with E-state index in [1.54, 1.807) is 0 Å². The van der Waals surface area contributed by atoms with Crippen LogP contribution >= 0.6 is 15.9 Å². The van der Waals surface area contributed by atoms with Gasteiger partial charge in [0.2, 0.25) is 0 Å². The lowest BCUT2D eigenvalue weighted by Gasteiger charge is -2.36. The van der Waals surface area contributed by atoms with E-state index in [0.717, 1.165) is 36.1 Å². The van der Waals surface area contributed by atoms with Gasteiger partial charge in [0, 0.05) is 15.7 Å². The Labute approximate surface area is 115 Å². The van der Waals surface area contributed by atoms with E-state index in [-0.39, 0.29) is 5.54 Å². The molecule has 18 heavy (non-hydrogen) atoms. The van der Waals surface area contributed by atoms with Crippen LogP contribution in [0.2, 0.25) is 0 Å². The summed E-state index contributed by atoms with van der Waals surface area (Å²) in [5.41, 5.74) is 6.78. The highest BCUT2D eigenvalue weighted by molar-refractivity contribution is 9.10. The van der Waals surface area contributed by atoms with Gasteiger partial charge < -0.3 is 16.4 Å². The van der Waals surface area contributed by atoms with Crippen molar-refractivity contribution in [2.24, 2.45) is 5.73 Å². The first-order valence-corrected chi connectivity index (χ1v) is 6.88. The third-order valence-electron chi connectivity index (χ3n) is 3.40. The monoisotopic (exact) mass is 311 g/mol.